The molecule has 0 aliphatic carbocycles. The van der Waals surface area contributed by atoms with E-state index in [1.807, 2.05) is 7.05 Å². The number of fused-ring (bicyclic) bond motifs is 1. The van der Waals surface area contributed by atoms with Crippen LogP contribution in [0.15, 0.2) is 18.2 Å². The van der Waals surface area contributed by atoms with Gasteiger partial charge < -0.3 is 9.88 Å². The second-order valence-electron chi connectivity index (χ2n) is 5.76. The lowest BCUT2D eigenvalue weighted by Crippen LogP contribution is -2.32. The summed E-state index contributed by atoms with van der Waals surface area (Å²) < 4.78 is 2.19. The molecular weight excluding hydrogens is 222 g/mol. The number of nitrogens with one attached hydrogen (secondary N) is 1. The first-order valence-electron chi connectivity index (χ1n) is 6.52. The van der Waals surface area contributed by atoms with E-state index >= 15 is 0 Å². The van der Waals surface area contributed by atoms with Gasteiger partial charge in [0.25, 0.3) is 0 Å². The Kier molecular flexibility index (Phi) is 3.20. The van der Waals surface area contributed by atoms with E-state index in [1.165, 1.54) is 11.1 Å². The van der Waals surface area contributed by atoms with E-state index in [1.54, 1.807) is 0 Å². The van der Waals surface area contributed by atoms with Gasteiger partial charge in [0, 0.05) is 18.5 Å². The van der Waals surface area contributed by atoms with Crippen LogP contribution in [-0.2, 0) is 12.6 Å². The standard InChI is InChI=1S/C15H23N3/c1-10(2)14-17-12-9-11(15(3,4)16-5)7-8-13(12)18(14)6/h7-10,16H,1-6H3. The molecule has 0 unspecified atom stereocenters. The molecule has 0 radical (unpaired) electrons. The van der Waals surface area contributed by atoms with Crippen molar-refractivity contribution in [3.63, 3.8) is 0 Å². The molecule has 1 heterocycles. The van der Waals surface area contributed by atoms with Gasteiger partial charge in [-0.2, -0.15) is 0 Å². The molecule has 3 nitrogen and oxygen atoms in total. The van der Waals surface area contributed by atoms with E-state index in [2.05, 4.69) is 62.8 Å². The van der Waals surface area contributed by atoms with Crippen molar-refractivity contribution in [1.29, 1.82) is 0 Å². The van der Waals surface area contributed by atoms with Crippen LogP contribution in [0, 0.1) is 0 Å². The molecule has 0 saturated carbocycles. The van der Waals surface area contributed by atoms with Gasteiger partial charge in [0.15, 0.2) is 0 Å². The Hall–Kier alpha value is -1.35. The van der Waals surface area contributed by atoms with E-state index in [-0.39, 0.29) is 5.54 Å². The Morgan fingerprint density at radius 2 is 1.94 bits per heavy atom. The first kappa shape index (κ1) is 13.1. The number of hydrogen-bond acceptors (Lipinski definition) is 2. The van der Waals surface area contributed by atoms with Crippen LogP contribution in [0.3, 0.4) is 0 Å². The fourth-order valence-corrected chi connectivity index (χ4v) is 2.27. The highest BCUT2D eigenvalue weighted by Gasteiger charge is 2.19. The smallest absolute Gasteiger partial charge is 0.112 e. The number of rotatable bonds is 3. The summed E-state index contributed by atoms with van der Waals surface area (Å²) in [7, 11) is 4.08. The SMILES string of the molecule is CNC(C)(C)c1ccc2c(c1)nc(C(C)C)n2C. The Labute approximate surface area is 109 Å². The van der Waals surface area contributed by atoms with Gasteiger partial charge in [-0.1, -0.05) is 19.9 Å². The summed E-state index contributed by atoms with van der Waals surface area (Å²) in [6, 6.07) is 6.55. The van der Waals surface area contributed by atoms with Crippen LogP contribution in [-0.4, -0.2) is 16.6 Å². The quantitative estimate of drug-likeness (QED) is 0.900. The fraction of sp³-hybridized carbons (Fsp3) is 0.533. The van der Waals surface area contributed by atoms with Crippen molar-refractivity contribution in [1.82, 2.24) is 14.9 Å². The Balaban J connectivity index is 2.60. The molecule has 2 aromatic rings. The van der Waals surface area contributed by atoms with Crippen LogP contribution < -0.4 is 5.32 Å². The van der Waals surface area contributed by atoms with Gasteiger partial charge in [0.05, 0.1) is 11.0 Å². The van der Waals surface area contributed by atoms with E-state index in [4.69, 9.17) is 4.98 Å². The zero-order valence-corrected chi connectivity index (χ0v) is 12.2. The van der Waals surface area contributed by atoms with Crippen molar-refractivity contribution < 1.29 is 0 Å². The summed E-state index contributed by atoms with van der Waals surface area (Å²) in [6.07, 6.45) is 0. The molecule has 0 aliphatic rings. The number of hydrogen-bond donors (Lipinski definition) is 1. The van der Waals surface area contributed by atoms with Gasteiger partial charge in [-0.15, -0.1) is 0 Å². The van der Waals surface area contributed by atoms with Crippen molar-refractivity contribution in [2.24, 2.45) is 7.05 Å². The minimum Gasteiger partial charge on any atom is -0.331 e. The van der Waals surface area contributed by atoms with E-state index in [0.717, 1.165) is 11.3 Å². The predicted molar refractivity (Wildman–Crippen MR) is 76.9 cm³/mol. The predicted octanol–water partition coefficient (Wildman–Crippen LogP) is 3.15. The maximum Gasteiger partial charge on any atom is 0.112 e. The molecule has 3 heteroatoms. The highest BCUT2D eigenvalue weighted by atomic mass is 15.1. The number of aryl methyl sites for hydroxylation is 1. The number of nitrogens with zero attached hydrogens (tertiary/aromatic N) is 2. The molecule has 0 fully saturated rings. The average molecular weight is 245 g/mol. The summed E-state index contributed by atoms with van der Waals surface area (Å²) >= 11 is 0. The Morgan fingerprint density at radius 1 is 1.28 bits per heavy atom. The number of imidazole rings is 1. The van der Waals surface area contributed by atoms with Gasteiger partial charge >= 0.3 is 0 Å². The normalized spacial score (nSPS) is 12.6. The third-order valence-electron chi connectivity index (χ3n) is 3.78. The molecular formula is C15H23N3. The van der Waals surface area contributed by atoms with Crippen molar-refractivity contribution >= 4 is 11.0 Å². The highest BCUT2D eigenvalue weighted by molar-refractivity contribution is 5.77. The zero-order valence-electron chi connectivity index (χ0n) is 12.2. The lowest BCUT2D eigenvalue weighted by molar-refractivity contribution is 0.445. The summed E-state index contributed by atoms with van der Waals surface area (Å²) in [4.78, 5) is 4.76. The molecule has 1 aromatic carbocycles. The fourth-order valence-electron chi connectivity index (χ4n) is 2.27. The third-order valence-corrected chi connectivity index (χ3v) is 3.78. The minimum absolute atomic E-state index is 0.0241. The molecule has 98 valence electrons. The van der Waals surface area contributed by atoms with Crippen LogP contribution in [0.1, 0.15) is 45.0 Å². The van der Waals surface area contributed by atoms with E-state index in [0.29, 0.717) is 5.92 Å². The Morgan fingerprint density at radius 3 is 2.50 bits per heavy atom. The van der Waals surface area contributed by atoms with Crippen molar-refractivity contribution in [3.8, 4) is 0 Å². The largest absolute Gasteiger partial charge is 0.331 e. The van der Waals surface area contributed by atoms with Crippen LogP contribution >= 0.6 is 0 Å². The molecule has 1 aromatic heterocycles. The van der Waals surface area contributed by atoms with E-state index < -0.39 is 0 Å². The summed E-state index contributed by atoms with van der Waals surface area (Å²) in [5, 5.41) is 3.33. The van der Waals surface area contributed by atoms with Crippen LogP contribution in [0.25, 0.3) is 11.0 Å². The topological polar surface area (TPSA) is 29.9 Å². The maximum absolute atomic E-state index is 4.76. The van der Waals surface area contributed by atoms with Gasteiger partial charge in [-0.3, -0.25) is 0 Å². The molecule has 0 atom stereocenters. The van der Waals surface area contributed by atoms with Crippen molar-refractivity contribution in [2.45, 2.75) is 39.2 Å². The second kappa shape index (κ2) is 4.39. The lowest BCUT2D eigenvalue weighted by Gasteiger charge is -2.24. The maximum atomic E-state index is 4.76. The first-order chi connectivity index (χ1) is 8.36. The molecule has 0 spiro atoms. The highest BCUT2D eigenvalue weighted by Crippen LogP contribution is 2.26. The zero-order chi connectivity index (χ0) is 13.5. The summed E-state index contributed by atoms with van der Waals surface area (Å²) in [5.74, 6) is 1.59. The minimum atomic E-state index is -0.0241. The van der Waals surface area contributed by atoms with Gasteiger partial charge in [0.2, 0.25) is 0 Å². The Bertz CT molecular complexity index is 564. The van der Waals surface area contributed by atoms with Crippen molar-refractivity contribution in [2.75, 3.05) is 7.05 Å². The monoisotopic (exact) mass is 245 g/mol. The molecule has 0 bridgehead atoms. The van der Waals surface area contributed by atoms with Crippen LogP contribution in [0.5, 0.6) is 0 Å². The first-order valence-corrected chi connectivity index (χ1v) is 6.52. The van der Waals surface area contributed by atoms with Gasteiger partial charge in [-0.25, -0.2) is 4.98 Å². The average Bonchev–Trinajstić information content (AvgIpc) is 2.66. The van der Waals surface area contributed by atoms with Crippen LogP contribution in [0.4, 0.5) is 0 Å². The van der Waals surface area contributed by atoms with Gasteiger partial charge in [0.1, 0.15) is 5.82 Å². The van der Waals surface area contributed by atoms with Crippen molar-refractivity contribution in [3.05, 3.63) is 29.6 Å². The number of aromatic nitrogens is 2. The summed E-state index contributed by atoms with van der Waals surface area (Å²) in [6.45, 7) is 8.72. The molecule has 2 rings (SSSR count). The number of benzene rings is 1. The van der Waals surface area contributed by atoms with Crippen LogP contribution in [0.2, 0.25) is 0 Å². The van der Waals surface area contributed by atoms with Gasteiger partial charge in [-0.05, 0) is 38.6 Å². The molecule has 1 N–H and O–H groups in total. The van der Waals surface area contributed by atoms with E-state index in [9.17, 15) is 0 Å². The lowest BCUT2D eigenvalue weighted by atomic mass is 9.94. The second-order valence-corrected chi connectivity index (χ2v) is 5.76. The summed E-state index contributed by atoms with van der Waals surface area (Å²) in [5.41, 5.74) is 3.53. The molecule has 0 aliphatic heterocycles. The molecule has 0 saturated heterocycles. The third kappa shape index (κ3) is 2.03. The molecule has 0 amide bonds. The molecule has 18 heavy (non-hydrogen) atoms.